The van der Waals surface area contributed by atoms with Crippen LogP contribution in [-0.2, 0) is 4.79 Å². The molecule has 122 valence electrons. The fourth-order valence-electron chi connectivity index (χ4n) is 1.84. The van der Waals surface area contributed by atoms with Gasteiger partial charge in [0.25, 0.3) is 5.91 Å². The van der Waals surface area contributed by atoms with E-state index in [4.69, 9.17) is 9.90 Å². The third-order valence-electron chi connectivity index (χ3n) is 2.95. The van der Waals surface area contributed by atoms with E-state index in [2.05, 4.69) is 10.6 Å². The Labute approximate surface area is 125 Å². The molecule has 1 unspecified atom stereocenters. The second-order valence-electron chi connectivity index (χ2n) is 4.67. The van der Waals surface area contributed by atoms with E-state index in [1.54, 1.807) is 0 Å². The first-order valence-corrected chi connectivity index (χ1v) is 6.67. The Hall–Kier alpha value is -2.09. The maximum atomic E-state index is 11.7. The van der Waals surface area contributed by atoms with Gasteiger partial charge >= 0.3 is 12.1 Å². The second-order valence-corrected chi connectivity index (χ2v) is 4.67. The number of halogens is 3. The van der Waals surface area contributed by atoms with Crippen molar-refractivity contribution in [2.24, 2.45) is 0 Å². The van der Waals surface area contributed by atoms with E-state index in [0.29, 0.717) is 6.04 Å². The number of hydrogen-bond acceptors (Lipinski definition) is 3. The molecule has 0 radical (unpaired) electrons. The van der Waals surface area contributed by atoms with Crippen molar-refractivity contribution < 1.29 is 27.9 Å². The van der Waals surface area contributed by atoms with Crippen molar-refractivity contribution in [3.05, 3.63) is 35.9 Å². The number of nitrogens with one attached hydrogen (secondary N) is 2. The summed E-state index contributed by atoms with van der Waals surface area (Å²) in [6.07, 6.45) is -2.71. The maximum Gasteiger partial charge on any atom is 0.490 e. The second kappa shape index (κ2) is 8.38. The van der Waals surface area contributed by atoms with E-state index in [1.807, 2.05) is 30.3 Å². The van der Waals surface area contributed by atoms with E-state index in [1.165, 1.54) is 6.42 Å². The summed E-state index contributed by atoms with van der Waals surface area (Å²) in [5.41, 5.74) is 0.732. The number of rotatable bonds is 3. The van der Waals surface area contributed by atoms with Crippen molar-refractivity contribution in [3.8, 4) is 0 Å². The molecule has 0 aromatic heterocycles. The smallest absolute Gasteiger partial charge is 0.475 e. The van der Waals surface area contributed by atoms with E-state index in [9.17, 15) is 18.0 Å². The van der Waals surface area contributed by atoms with Gasteiger partial charge in [0.15, 0.2) is 0 Å². The van der Waals surface area contributed by atoms with Gasteiger partial charge in [0.1, 0.15) is 0 Å². The first kappa shape index (κ1) is 18.0. The molecule has 1 heterocycles. The van der Waals surface area contributed by atoms with Gasteiger partial charge < -0.3 is 15.7 Å². The molecule has 2 rings (SSSR count). The average molecular weight is 318 g/mol. The molecule has 3 N–H and O–H groups in total. The van der Waals surface area contributed by atoms with Crippen molar-refractivity contribution >= 4 is 11.9 Å². The number of amides is 1. The average Bonchev–Trinajstić information content (AvgIpc) is 2.98. The Kier molecular flexibility index (Phi) is 6.84. The predicted molar refractivity (Wildman–Crippen MR) is 73.5 cm³/mol. The van der Waals surface area contributed by atoms with E-state index < -0.39 is 12.1 Å². The van der Waals surface area contributed by atoms with Crippen LogP contribution in [0.4, 0.5) is 13.2 Å². The van der Waals surface area contributed by atoms with Crippen molar-refractivity contribution in [1.82, 2.24) is 10.6 Å². The molecule has 0 spiro atoms. The number of carbonyl (C=O) groups excluding carboxylic acids is 1. The van der Waals surface area contributed by atoms with Crippen LogP contribution in [0.5, 0.6) is 0 Å². The third kappa shape index (κ3) is 6.57. The standard InChI is InChI=1S/C12H16N2O.C2HF3O2/c15-12(10-5-2-1-3-6-10)14-9-11-7-4-8-13-11;3-2(4,5)1(6)7/h1-3,5-6,11,13H,4,7-9H2,(H,14,15);(H,6,7). The number of aliphatic carboxylic acids is 1. The lowest BCUT2D eigenvalue weighted by Crippen LogP contribution is -2.37. The zero-order chi connectivity index (χ0) is 16.6. The highest BCUT2D eigenvalue weighted by Gasteiger charge is 2.38. The van der Waals surface area contributed by atoms with Gasteiger partial charge in [0.2, 0.25) is 0 Å². The summed E-state index contributed by atoms with van der Waals surface area (Å²) < 4.78 is 31.7. The highest BCUT2D eigenvalue weighted by Crippen LogP contribution is 2.13. The molecule has 0 bridgehead atoms. The molecule has 1 aromatic rings. The summed E-state index contributed by atoms with van der Waals surface area (Å²) in [5.74, 6) is -2.74. The molecule has 22 heavy (non-hydrogen) atoms. The molecule has 0 saturated carbocycles. The first-order valence-electron chi connectivity index (χ1n) is 6.67. The molecule has 1 saturated heterocycles. The van der Waals surface area contributed by atoms with Crippen LogP contribution in [0.25, 0.3) is 0 Å². The summed E-state index contributed by atoms with van der Waals surface area (Å²) in [6, 6.07) is 9.79. The van der Waals surface area contributed by atoms with Gasteiger partial charge in [0, 0.05) is 18.2 Å². The Balaban J connectivity index is 0.000000295. The van der Waals surface area contributed by atoms with Gasteiger partial charge in [-0.1, -0.05) is 18.2 Å². The molecule has 1 fully saturated rings. The minimum absolute atomic E-state index is 0.0179. The van der Waals surface area contributed by atoms with Gasteiger partial charge in [-0.25, -0.2) is 4.79 Å². The van der Waals surface area contributed by atoms with Crippen LogP contribution in [0, 0.1) is 0 Å². The zero-order valence-corrected chi connectivity index (χ0v) is 11.7. The number of carboxylic acids is 1. The number of benzene rings is 1. The third-order valence-corrected chi connectivity index (χ3v) is 2.95. The SMILES string of the molecule is O=C(NCC1CCCN1)c1ccccc1.O=C(O)C(F)(F)F. The minimum Gasteiger partial charge on any atom is -0.475 e. The molecule has 1 atom stereocenters. The van der Waals surface area contributed by atoms with Gasteiger partial charge in [0.05, 0.1) is 0 Å². The van der Waals surface area contributed by atoms with Gasteiger partial charge in [-0.2, -0.15) is 13.2 Å². The molecule has 1 aliphatic heterocycles. The molecule has 5 nitrogen and oxygen atoms in total. The van der Waals surface area contributed by atoms with Crippen LogP contribution < -0.4 is 10.6 Å². The van der Waals surface area contributed by atoms with Crippen LogP contribution in [0.2, 0.25) is 0 Å². The van der Waals surface area contributed by atoms with Crippen molar-refractivity contribution in [1.29, 1.82) is 0 Å². The molecular formula is C14H17F3N2O3. The van der Waals surface area contributed by atoms with Crippen LogP contribution in [0.15, 0.2) is 30.3 Å². The van der Waals surface area contributed by atoms with Crippen LogP contribution in [0.1, 0.15) is 23.2 Å². The molecular weight excluding hydrogens is 301 g/mol. The predicted octanol–water partition coefficient (Wildman–Crippen LogP) is 1.80. The van der Waals surface area contributed by atoms with Crippen molar-refractivity contribution in [2.45, 2.75) is 25.1 Å². The van der Waals surface area contributed by atoms with Crippen LogP contribution in [0.3, 0.4) is 0 Å². The number of hydrogen-bond donors (Lipinski definition) is 3. The molecule has 1 aromatic carbocycles. The molecule has 1 aliphatic rings. The number of carbonyl (C=O) groups is 2. The lowest BCUT2D eigenvalue weighted by atomic mass is 10.2. The van der Waals surface area contributed by atoms with Crippen LogP contribution >= 0.6 is 0 Å². The lowest BCUT2D eigenvalue weighted by molar-refractivity contribution is -0.192. The summed E-state index contributed by atoms with van der Waals surface area (Å²) in [4.78, 5) is 20.6. The van der Waals surface area contributed by atoms with E-state index in [0.717, 1.165) is 25.1 Å². The Bertz CT molecular complexity index is 486. The van der Waals surface area contributed by atoms with Crippen molar-refractivity contribution in [2.75, 3.05) is 13.1 Å². The fraction of sp³-hybridized carbons (Fsp3) is 0.429. The number of carboxylic acid groups (broad SMARTS) is 1. The molecule has 8 heteroatoms. The van der Waals surface area contributed by atoms with Crippen LogP contribution in [-0.4, -0.2) is 42.3 Å². The first-order chi connectivity index (χ1) is 10.3. The summed E-state index contributed by atoms with van der Waals surface area (Å²) in [6.45, 7) is 1.81. The lowest BCUT2D eigenvalue weighted by Gasteiger charge is -2.11. The van der Waals surface area contributed by atoms with Crippen molar-refractivity contribution in [3.63, 3.8) is 0 Å². The quantitative estimate of drug-likeness (QED) is 0.794. The van der Waals surface area contributed by atoms with E-state index >= 15 is 0 Å². The van der Waals surface area contributed by atoms with Gasteiger partial charge in [-0.3, -0.25) is 4.79 Å². The summed E-state index contributed by atoms with van der Waals surface area (Å²) in [7, 11) is 0. The Morgan fingerprint density at radius 3 is 2.32 bits per heavy atom. The summed E-state index contributed by atoms with van der Waals surface area (Å²) >= 11 is 0. The van der Waals surface area contributed by atoms with Gasteiger partial charge in [-0.05, 0) is 31.5 Å². The Morgan fingerprint density at radius 2 is 1.86 bits per heavy atom. The van der Waals surface area contributed by atoms with Gasteiger partial charge in [-0.15, -0.1) is 0 Å². The number of alkyl halides is 3. The molecule has 0 aliphatic carbocycles. The highest BCUT2D eigenvalue weighted by atomic mass is 19.4. The minimum atomic E-state index is -5.08. The largest absolute Gasteiger partial charge is 0.490 e. The monoisotopic (exact) mass is 318 g/mol. The topological polar surface area (TPSA) is 78.4 Å². The maximum absolute atomic E-state index is 11.7. The van der Waals surface area contributed by atoms with E-state index in [-0.39, 0.29) is 5.91 Å². The molecule has 1 amide bonds. The summed E-state index contributed by atoms with van der Waals surface area (Å²) in [5, 5.41) is 13.4. The fourth-order valence-corrected chi connectivity index (χ4v) is 1.84. The normalized spacial score (nSPS) is 17.3. The highest BCUT2D eigenvalue weighted by molar-refractivity contribution is 5.94. The Morgan fingerprint density at radius 1 is 1.27 bits per heavy atom. The zero-order valence-electron chi connectivity index (χ0n) is 11.7.